The topological polar surface area (TPSA) is 64.9 Å². The monoisotopic (exact) mass is 339 g/mol. The Morgan fingerprint density at radius 3 is 2.70 bits per heavy atom. The fraction of sp³-hybridized carbons (Fsp3) is 0.462. The van der Waals surface area contributed by atoms with Crippen LogP contribution in [0.15, 0.2) is 10.7 Å². The number of hydrogen-bond acceptors (Lipinski definition) is 5. The summed E-state index contributed by atoms with van der Waals surface area (Å²) in [5, 5.41) is 7.56. The number of rotatable bonds is 5. The summed E-state index contributed by atoms with van der Waals surface area (Å²) in [5.41, 5.74) is 2.65. The van der Waals surface area contributed by atoms with Crippen LogP contribution in [0, 0.1) is 6.92 Å². The zero-order chi connectivity index (χ0) is 14.7. The molecule has 20 heavy (non-hydrogen) atoms. The van der Waals surface area contributed by atoms with Crippen molar-refractivity contribution in [1.29, 1.82) is 0 Å². The summed E-state index contributed by atoms with van der Waals surface area (Å²) in [6.45, 7) is 5.19. The number of anilines is 1. The highest BCUT2D eigenvalue weighted by Gasteiger charge is 2.16. The van der Waals surface area contributed by atoms with Gasteiger partial charge in [-0.3, -0.25) is 4.68 Å². The van der Waals surface area contributed by atoms with Gasteiger partial charge in [0.25, 0.3) is 0 Å². The Morgan fingerprint density at radius 1 is 1.40 bits per heavy atom. The Hall–Kier alpha value is -1.47. The summed E-state index contributed by atoms with van der Waals surface area (Å²) in [7, 11) is 3.53. The van der Waals surface area contributed by atoms with Crippen molar-refractivity contribution in [3.8, 4) is 11.4 Å². The molecule has 0 amide bonds. The van der Waals surface area contributed by atoms with Crippen molar-refractivity contribution >= 4 is 21.7 Å². The summed E-state index contributed by atoms with van der Waals surface area (Å²) in [6, 6.07) is 0. The quantitative estimate of drug-likeness (QED) is 0.906. The van der Waals surface area contributed by atoms with Crippen molar-refractivity contribution in [2.24, 2.45) is 7.05 Å². The van der Waals surface area contributed by atoms with Crippen LogP contribution in [0.3, 0.4) is 0 Å². The van der Waals surface area contributed by atoms with Crippen LogP contribution in [0.1, 0.15) is 18.3 Å². The van der Waals surface area contributed by atoms with Gasteiger partial charge in [-0.05, 0) is 29.8 Å². The first-order valence-corrected chi connectivity index (χ1v) is 7.16. The minimum absolute atomic E-state index is 0.424. The molecule has 2 aromatic heterocycles. The molecule has 0 radical (unpaired) electrons. The molecule has 0 saturated carbocycles. The molecule has 0 spiro atoms. The fourth-order valence-corrected chi connectivity index (χ4v) is 2.38. The predicted molar refractivity (Wildman–Crippen MR) is 81.5 cm³/mol. The number of ether oxygens (including phenoxy) is 1. The Balaban J connectivity index is 2.55. The molecule has 2 aromatic rings. The highest BCUT2D eigenvalue weighted by atomic mass is 79.9. The molecule has 0 atom stereocenters. The van der Waals surface area contributed by atoms with Crippen LogP contribution in [-0.4, -0.2) is 33.4 Å². The molecule has 0 aliphatic rings. The van der Waals surface area contributed by atoms with Gasteiger partial charge in [-0.1, -0.05) is 0 Å². The lowest BCUT2D eigenvalue weighted by Crippen LogP contribution is -2.07. The van der Waals surface area contributed by atoms with Gasteiger partial charge in [0.05, 0.1) is 28.0 Å². The van der Waals surface area contributed by atoms with Gasteiger partial charge in [0.15, 0.2) is 5.82 Å². The van der Waals surface area contributed by atoms with E-state index >= 15 is 0 Å². The molecule has 0 aliphatic carbocycles. The molecule has 0 aliphatic heterocycles. The third-order valence-electron chi connectivity index (χ3n) is 2.80. The maximum atomic E-state index is 5.20. The third kappa shape index (κ3) is 2.99. The summed E-state index contributed by atoms with van der Waals surface area (Å²) >= 11 is 3.53. The van der Waals surface area contributed by atoms with Crippen molar-refractivity contribution in [3.63, 3.8) is 0 Å². The number of halogens is 1. The van der Waals surface area contributed by atoms with Crippen LogP contribution >= 0.6 is 15.9 Å². The molecule has 1 N–H and O–H groups in total. The van der Waals surface area contributed by atoms with E-state index in [4.69, 9.17) is 4.74 Å². The van der Waals surface area contributed by atoms with E-state index in [1.807, 2.05) is 27.1 Å². The highest BCUT2D eigenvalue weighted by molar-refractivity contribution is 9.10. The van der Waals surface area contributed by atoms with Crippen molar-refractivity contribution in [3.05, 3.63) is 22.1 Å². The van der Waals surface area contributed by atoms with E-state index in [-0.39, 0.29) is 0 Å². The summed E-state index contributed by atoms with van der Waals surface area (Å²) in [6.07, 6.45) is 1.92. The van der Waals surface area contributed by atoms with Gasteiger partial charge in [0.2, 0.25) is 0 Å². The molecular formula is C13H18BrN5O. The highest BCUT2D eigenvalue weighted by Crippen LogP contribution is 2.28. The van der Waals surface area contributed by atoms with Crippen molar-refractivity contribution in [2.45, 2.75) is 20.5 Å². The second-order valence-electron chi connectivity index (χ2n) is 4.42. The second-order valence-corrected chi connectivity index (χ2v) is 5.21. The molecule has 7 heteroatoms. The predicted octanol–water partition coefficient (Wildman–Crippen LogP) is 2.53. The van der Waals surface area contributed by atoms with Gasteiger partial charge in [-0.2, -0.15) is 5.10 Å². The van der Waals surface area contributed by atoms with E-state index < -0.39 is 0 Å². The number of hydrogen-bond donors (Lipinski definition) is 1. The van der Waals surface area contributed by atoms with Crippen LogP contribution in [0.4, 0.5) is 5.82 Å². The van der Waals surface area contributed by atoms with Crippen LogP contribution in [0.25, 0.3) is 11.4 Å². The average Bonchev–Trinajstić information content (AvgIpc) is 2.74. The molecular weight excluding hydrogens is 322 g/mol. The Labute approximate surface area is 126 Å². The Bertz CT molecular complexity index is 584. The standard InChI is InChI=1S/C13H18BrN5O/c1-5-15-13-11(14)10(7-20-4)16-12(17-13)9-6-19(3)18-8(9)2/h6H,5,7H2,1-4H3,(H,15,16,17). The van der Waals surface area contributed by atoms with Crippen molar-refractivity contribution < 1.29 is 4.74 Å². The lowest BCUT2D eigenvalue weighted by Gasteiger charge is -2.11. The lowest BCUT2D eigenvalue weighted by atomic mass is 10.2. The first-order valence-electron chi connectivity index (χ1n) is 6.36. The zero-order valence-electron chi connectivity index (χ0n) is 12.1. The number of nitrogens with one attached hydrogen (secondary N) is 1. The molecule has 6 nitrogen and oxygen atoms in total. The Morgan fingerprint density at radius 2 is 2.15 bits per heavy atom. The normalized spacial score (nSPS) is 10.8. The number of aromatic nitrogens is 4. The Kier molecular flexibility index (Phi) is 4.72. The van der Waals surface area contributed by atoms with E-state index in [1.165, 1.54) is 0 Å². The van der Waals surface area contributed by atoms with E-state index in [1.54, 1.807) is 11.8 Å². The van der Waals surface area contributed by atoms with Crippen LogP contribution in [-0.2, 0) is 18.4 Å². The maximum absolute atomic E-state index is 5.20. The minimum atomic E-state index is 0.424. The van der Waals surface area contributed by atoms with Gasteiger partial charge in [-0.25, -0.2) is 9.97 Å². The molecule has 2 rings (SSSR count). The van der Waals surface area contributed by atoms with Gasteiger partial charge in [0, 0.05) is 26.9 Å². The zero-order valence-corrected chi connectivity index (χ0v) is 13.7. The summed E-state index contributed by atoms with van der Waals surface area (Å²) in [5.74, 6) is 1.43. The van der Waals surface area contributed by atoms with E-state index in [9.17, 15) is 0 Å². The number of methoxy groups -OCH3 is 1. The first-order chi connectivity index (χ1) is 9.56. The first kappa shape index (κ1) is 14.9. The molecule has 0 fully saturated rings. The van der Waals surface area contributed by atoms with Crippen molar-refractivity contribution in [1.82, 2.24) is 19.7 Å². The fourth-order valence-electron chi connectivity index (χ4n) is 1.95. The lowest BCUT2D eigenvalue weighted by molar-refractivity contribution is 0.181. The smallest absolute Gasteiger partial charge is 0.165 e. The molecule has 0 bridgehead atoms. The van der Waals surface area contributed by atoms with Crippen molar-refractivity contribution in [2.75, 3.05) is 19.0 Å². The van der Waals surface area contributed by atoms with Crippen LogP contribution in [0.2, 0.25) is 0 Å². The average molecular weight is 340 g/mol. The van der Waals surface area contributed by atoms with Gasteiger partial charge < -0.3 is 10.1 Å². The molecule has 2 heterocycles. The molecule has 0 aromatic carbocycles. The summed E-state index contributed by atoms with van der Waals surface area (Å²) in [4.78, 5) is 9.14. The number of aryl methyl sites for hydroxylation is 2. The van der Waals surface area contributed by atoms with Crippen LogP contribution in [0.5, 0.6) is 0 Å². The third-order valence-corrected chi connectivity index (χ3v) is 3.63. The SMILES string of the molecule is CCNc1nc(-c2cn(C)nc2C)nc(COC)c1Br. The largest absolute Gasteiger partial charge is 0.378 e. The minimum Gasteiger partial charge on any atom is -0.378 e. The van der Waals surface area contributed by atoms with E-state index in [2.05, 4.69) is 36.3 Å². The second kappa shape index (κ2) is 6.32. The molecule has 108 valence electrons. The van der Waals surface area contributed by atoms with Crippen LogP contribution < -0.4 is 5.32 Å². The molecule has 0 unspecified atom stereocenters. The van der Waals surface area contributed by atoms with E-state index in [0.717, 1.165) is 33.8 Å². The maximum Gasteiger partial charge on any atom is 0.165 e. The molecule has 0 saturated heterocycles. The van der Waals surface area contributed by atoms with Gasteiger partial charge in [0.1, 0.15) is 5.82 Å². The summed E-state index contributed by atoms with van der Waals surface area (Å²) < 4.78 is 7.80. The number of nitrogens with zero attached hydrogens (tertiary/aromatic N) is 4. The van der Waals surface area contributed by atoms with Gasteiger partial charge >= 0.3 is 0 Å². The van der Waals surface area contributed by atoms with E-state index in [0.29, 0.717) is 12.4 Å². The van der Waals surface area contributed by atoms with Gasteiger partial charge in [-0.15, -0.1) is 0 Å².